The quantitative estimate of drug-likeness (QED) is 0.117. The van der Waals surface area contributed by atoms with Crippen molar-refractivity contribution in [2.75, 3.05) is 59.3 Å². The van der Waals surface area contributed by atoms with E-state index in [1.807, 2.05) is 0 Å². The van der Waals surface area contributed by atoms with Gasteiger partial charge >= 0.3 is 0 Å². The molecule has 1 rings (SSSR count). The lowest BCUT2D eigenvalue weighted by molar-refractivity contribution is -0.0867. The normalized spacial score (nSPS) is 22.5. The zero-order valence-electron chi connectivity index (χ0n) is 22.0. The molecule has 0 bridgehead atoms. The third kappa shape index (κ3) is 14.2. The molecule has 0 aromatic rings. The summed E-state index contributed by atoms with van der Waals surface area (Å²) in [5.41, 5.74) is 16.7. The molecule has 1 aliphatic rings. The van der Waals surface area contributed by atoms with Gasteiger partial charge in [0.05, 0.1) is 25.9 Å². The Morgan fingerprint density at radius 2 is 1.06 bits per heavy atom. The maximum Gasteiger partial charge on any atom is 0.115 e. The van der Waals surface area contributed by atoms with E-state index in [0.29, 0.717) is 33.0 Å². The molecule has 0 spiro atoms. The summed E-state index contributed by atoms with van der Waals surface area (Å²) in [4.78, 5) is 0. The number of unbranched alkanes of at least 4 members (excludes halogenated alkanes) is 9. The fourth-order valence-corrected chi connectivity index (χ4v) is 4.47. The molecule has 35 heavy (non-hydrogen) atoms. The Hall–Kier alpha value is -0.360. The van der Waals surface area contributed by atoms with Crippen LogP contribution in [0.2, 0.25) is 0 Å². The fourth-order valence-electron chi connectivity index (χ4n) is 4.47. The molecule has 1 fully saturated rings. The maximum absolute atomic E-state index is 9.86. The summed E-state index contributed by atoms with van der Waals surface area (Å²) >= 11 is 0. The van der Waals surface area contributed by atoms with E-state index in [2.05, 4.69) is 0 Å². The predicted molar refractivity (Wildman–Crippen MR) is 139 cm³/mol. The zero-order chi connectivity index (χ0) is 25.6. The van der Waals surface area contributed by atoms with Gasteiger partial charge in [0.25, 0.3) is 0 Å². The molecule has 1 heterocycles. The topological polar surface area (TPSA) is 155 Å². The molecule has 210 valence electrons. The summed E-state index contributed by atoms with van der Waals surface area (Å²) in [5.74, 6) is -0.422. The summed E-state index contributed by atoms with van der Waals surface area (Å²) in [7, 11) is 0. The van der Waals surface area contributed by atoms with Crippen molar-refractivity contribution in [3.8, 4) is 0 Å². The zero-order valence-corrected chi connectivity index (χ0v) is 22.0. The monoisotopic (exact) mass is 505 g/mol. The molecule has 0 aromatic heterocycles. The average Bonchev–Trinajstić information content (AvgIpc) is 3.20. The third-order valence-electron chi connectivity index (χ3n) is 6.62. The Morgan fingerprint density at radius 3 is 1.54 bits per heavy atom. The second kappa shape index (κ2) is 22.8. The molecule has 0 saturated carbocycles. The maximum atomic E-state index is 9.86. The number of nitrogens with two attached hydrogens (primary N) is 3. The largest absolute Gasteiger partial charge is 0.396 e. The molecule has 9 heteroatoms. The van der Waals surface area contributed by atoms with Crippen molar-refractivity contribution in [3.63, 3.8) is 0 Å². The lowest BCUT2D eigenvalue weighted by Gasteiger charge is -2.27. The van der Waals surface area contributed by atoms with Crippen molar-refractivity contribution in [1.82, 2.24) is 0 Å². The van der Waals surface area contributed by atoms with E-state index >= 15 is 0 Å². The van der Waals surface area contributed by atoms with Gasteiger partial charge in [-0.2, -0.15) is 0 Å². The highest BCUT2D eigenvalue weighted by atomic mass is 16.6. The van der Waals surface area contributed by atoms with E-state index < -0.39 is 12.0 Å². The third-order valence-corrected chi connectivity index (χ3v) is 6.62. The smallest absolute Gasteiger partial charge is 0.115 e. The second-order valence-corrected chi connectivity index (χ2v) is 9.62. The Morgan fingerprint density at radius 1 is 0.600 bits per heavy atom. The van der Waals surface area contributed by atoms with Crippen LogP contribution in [-0.4, -0.2) is 93.9 Å². The van der Waals surface area contributed by atoms with Gasteiger partial charge in [-0.3, -0.25) is 0 Å². The Labute approximate surface area is 213 Å². The van der Waals surface area contributed by atoms with Gasteiger partial charge < -0.3 is 46.4 Å². The van der Waals surface area contributed by atoms with Gasteiger partial charge in [0.1, 0.15) is 18.3 Å². The minimum atomic E-state index is -0.436. The summed E-state index contributed by atoms with van der Waals surface area (Å²) < 4.78 is 24.9. The molecule has 1 aliphatic heterocycles. The highest BCUT2D eigenvalue weighted by Gasteiger charge is 2.49. The Balaban J connectivity index is 2.69. The van der Waals surface area contributed by atoms with E-state index in [9.17, 15) is 10.2 Å². The number of rotatable bonds is 25. The molecule has 9 nitrogen and oxygen atoms in total. The van der Waals surface area contributed by atoms with Crippen molar-refractivity contribution < 1.29 is 29.2 Å². The number of aliphatic hydroxyl groups is 2. The van der Waals surface area contributed by atoms with Crippen LogP contribution in [0.1, 0.15) is 77.0 Å². The van der Waals surface area contributed by atoms with Gasteiger partial charge in [0, 0.05) is 25.7 Å². The Kier molecular flexibility index (Phi) is 21.3. The molecule has 0 amide bonds. The first-order chi connectivity index (χ1) is 17.2. The molecule has 8 N–H and O–H groups in total. The lowest BCUT2D eigenvalue weighted by atomic mass is 9.97. The molecular formula is C26H55N3O6. The van der Waals surface area contributed by atoms with Crippen molar-refractivity contribution in [2.24, 2.45) is 23.1 Å². The number of ether oxygens (including phenoxy) is 4. The molecule has 1 saturated heterocycles. The summed E-state index contributed by atoms with van der Waals surface area (Å²) in [6, 6.07) is 0. The second-order valence-electron chi connectivity index (χ2n) is 9.62. The van der Waals surface area contributed by atoms with Gasteiger partial charge in [-0.25, -0.2) is 0 Å². The first-order valence-electron chi connectivity index (χ1n) is 14.0. The molecular weight excluding hydrogens is 450 g/mol. The summed E-state index contributed by atoms with van der Waals surface area (Å²) in [6.45, 7) is 4.09. The standard InChI is InChI=1S/C26H55N3O6/c27-13-7-1-4-10-16-32-21-23-25(33-17-11-5-2-8-14-28)26(24(35-23)22(19-30)20-31)34-18-12-6-3-9-15-29/h22-26,30-31H,1-21,27-29H2. The van der Waals surface area contributed by atoms with Crippen molar-refractivity contribution in [3.05, 3.63) is 0 Å². The van der Waals surface area contributed by atoms with Gasteiger partial charge in [0.15, 0.2) is 0 Å². The molecule has 4 unspecified atom stereocenters. The van der Waals surface area contributed by atoms with Crippen LogP contribution in [0.4, 0.5) is 0 Å². The first-order valence-corrected chi connectivity index (χ1v) is 14.0. The summed E-state index contributed by atoms with van der Waals surface area (Å²) in [6.07, 6.45) is 11.1. The van der Waals surface area contributed by atoms with Gasteiger partial charge in [-0.15, -0.1) is 0 Å². The van der Waals surface area contributed by atoms with E-state index in [0.717, 1.165) is 90.1 Å². The van der Waals surface area contributed by atoms with Crippen LogP contribution in [0.5, 0.6) is 0 Å². The number of aliphatic hydroxyl groups excluding tert-OH is 2. The minimum Gasteiger partial charge on any atom is -0.396 e. The molecule has 0 radical (unpaired) electrons. The van der Waals surface area contributed by atoms with E-state index in [1.165, 1.54) is 0 Å². The predicted octanol–water partition coefficient (Wildman–Crippen LogP) is 1.70. The van der Waals surface area contributed by atoms with E-state index in [-0.39, 0.29) is 31.5 Å². The van der Waals surface area contributed by atoms with Crippen LogP contribution < -0.4 is 17.2 Å². The fraction of sp³-hybridized carbons (Fsp3) is 1.00. The van der Waals surface area contributed by atoms with Gasteiger partial charge in [-0.05, 0) is 58.2 Å². The molecule has 0 aromatic carbocycles. The van der Waals surface area contributed by atoms with Crippen LogP contribution in [-0.2, 0) is 18.9 Å². The van der Waals surface area contributed by atoms with Crippen LogP contribution in [0.25, 0.3) is 0 Å². The van der Waals surface area contributed by atoms with Gasteiger partial charge in [-0.1, -0.05) is 38.5 Å². The SMILES string of the molecule is NCCCCCCOCC1OC(C(CO)CO)C(OCCCCCCN)C1OCCCCCCN. The van der Waals surface area contributed by atoms with Crippen LogP contribution in [0.15, 0.2) is 0 Å². The van der Waals surface area contributed by atoms with Crippen molar-refractivity contribution in [1.29, 1.82) is 0 Å². The Bertz CT molecular complexity index is 459. The van der Waals surface area contributed by atoms with Crippen molar-refractivity contribution in [2.45, 2.75) is 101 Å². The van der Waals surface area contributed by atoms with E-state index in [1.54, 1.807) is 0 Å². The molecule has 0 aliphatic carbocycles. The highest BCUT2D eigenvalue weighted by molar-refractivity contribution is 4.96. The van der Waals surface area contributed by atoms with Crippen LogP contribution in [0, 0.1) is 5.92 Å². The number of hydrogen-bond acceptors (Lipinski definition) is 9. The summed E-state index contributed by atoms with van der Waals surface area (Å²) in [5, 5.41) is 19.7. The van der Waals surface area contributed by atoms with Gasteiger partial charge in [0.2, 0.25) is 0 Å². The van der Waals surface area contributed by atoms with Crippen molar-refractivity contribution >= 4 is 0 Å². The van der Waals surface area contributed by atoms with E-state index in [4.69, 9.17) is 36.1 Å². The minimum absolute atomic E-state index is 0.169. The van der Waals surface area contributed by atoms with Crippen LogP contribution >= 0.6 is 0 Å². The lowest BCUT2D eigenvalue weighted by Crippen LogP contribution is -2.43. The first kappa shape index (κ1) is 32.7. The van der Waals surface area contributed by atoms with Crippen LogP contribution in [0.3, 0.4) is 0 Å². The average molecular weight is 506 g/mol. The number of hydrogen-bond donors (Lipinski definition) is 5. The molecule has 4 atom stereocenters. The highest BCUT2D eigenvalue weighted by Crippen LogP contribution is 2.32.